The Labute approximate surface area is 166 Å². The second-order valence-corrected chi connectivity index (χ2v) is 9.50. The molecule has 0 spiro atoms. The molecule has 1 aliphatic heterocycles. The zero-order valence-electron chi connectivity index (χ0n) is 16.4. The van der Waals surface area contributed by atoms with E-state index in [0.717, 1.165) is 42.5 Å². The molecule has 2 aliphatic rings. The zero-order valence-corrected chi connectivity index (χ0v) is 17.2. The van der Waals surface area contributed by atoms with Crippen LogP contribution < -0.4 is 9.62 Å². The molecule has 0 saturated heterocycles. The van der Waals surface area contributed by atoms with E-state index in [0.29, 0.717) is 6.54 Å². The van der Waals surface area contributed by atoms with Crippen molar-refractivity contribution < 1.29 is 13.2 Å². The van der Waals surface area contributed by atoms with Gasteiger partial charge in [0.1, 0.15) is 0 Å². The molecule has 1 N–H and O–H groups in total. The van der Waals surface area contributed by atoms with Crippen molar-refractivity contribution in [1.82, 2.24) is 4.72 Å². The van der Waals surface area contributed by atoms with Gasteiger partial charge in [-0.25, -0.2) is 13.1 Å². The molecule has 0 radical (unpaired) electrons. The highest BCUT2D eigenvalue weighted by molar-refractivity contribution is 7.89. The maximum absolute atomic E-state index is 13.0. The van der Waals surface area contributed by atoms with Gasteiger partial charge in [-0.05, 0) is 79.5 Å². The molecule has 1 unspecified atom stereocenters. The molecule has 0 fully saturated rings. The summed E-state index contributed by atoms with van der Waals surface area (Å²) < 4.78 is 28.7. The number of rotatable bonds is 4. The molecule has 28 heavy (non-hydrogen) atoms. The minimum absolute atomic E-state index is 0.0140. The Bertz CT molecular complexity index is 1030. The van der Waals surface area contributed by atoms with Crippen LogP contribution in [0.1, 0.15) is 55.0 Å². The van der Waals surface area contributed by atoms with Crippen LogP contribution in [0.15, 0.2) is 41.3 Å². The Balaban J connectivity index is 1.57. The van der Waals surface area contributed by atoms with E-state index in [1.54, 1.807) is 30.0 Å². The Morgan fingerprint density at radius 3 is 2.54 bits per heavy atom. The molecule has 1 heterocycles. The van der Waals surface area contributed by atoms with E-state index in [1.807, 2.05) is 13.0 Å². The fourth-order valence-corrected chi connectivity index (χ4v) is 5.58. The zero-order chi connectivity index (χ0) is 19.9. The fourth-order valence-electron chi connectivity index (χ4n) is 4.30. The molecule has 0 saturated carbocycles. The minimum atomic E-state index is -3.65. The van der Waals surface area contributed by atoms with Gasteiger partial charge in [0.2, 0.25) is 15.9 Å². The van der Waals surface area contributed by atoms with Crippen molar-refractivity contribution in [2.24, 2.45) is 0 Å². The monoisotopic (exact) mass is 398 g/mol. The number of anilines is 1. The van der Waals surface area contributed by atoms with Crippen LogP contribution in [0, 0.1) is 0 Å². The maximum Gasteiger partial charge on any atom is 0.241 e. The van der Waals surface area contributed by atoms with Crippen LogP contribution in [0.4, 0.5) is 5.69 Å². The number of sulfonamides is 1. The van der Waals surface area contributed by atoms with Gasteiger partial charge in [-0.2, -0.15) is 0 Å². The van der Waals surface area contributed by atoms with Gasteiger partial charge < -0.3 is 4.90 Å². The lowest BCUT2D eigenvalue weighted by atomic mass is 10.0. The average molecular weight is 399 g/mol. The highest BCUT2D eigenvalue weighted by atomic mass is 32.2. The summed E-state index contributed by atoms with van der Waals surface area (Å²) in [4.78, 5) is 13.8. The first-order valence-electron chi connectivity index (χ1n) is 9.90. The summed E-state index contributed by atoms with van der Waals surface area (Å²) in [6.45, 7) is 4.10. The number of carbonyl (C=O) groups excluding carboxylic acids is 1. The lowest BCUT2D eigenvalue weighted by Crippen LogP contribution is -2.34. The number of nitrogens with zero attached hydrogens (tertiary/aromatic N) is 1. The van der Waals surface area contributed by atoms with Crippen LogP contribution in [0.5, 0.6) is 0 Å². The van der Waals surface area contributed by atoms with Gasteiger partial charge in [0.05, 0.1) is 4.90 Å². The number of carbonyl (C=O) groups is 1. The predicted molar refractivity (Wildman–Crippen MR) is 110 cm³/mol. The Kier molecular flexibility index (Phi) is 5.02. The van der Waals surface area contributed by atoms with Gasteiger partial charge in [-0.15, -0.1) is 0 Å². The Hall–Kier alpha value is -2.18. The highest BCUT2D eigenvalue weighted by Crippen LogP contribution is 2.30. The van der Waals surface area contributed by atoms with Gasteiger partial charge in [0, 0.05) is 25.2 Å². The molecule has 0 bridgehead atoms. The summed E-state index contributed by atoms with van der Waals surface area (Å²) in [5, 5.41) is 0. The Morgan fingerprint density at radius 2 is 1.75 bits per heavy atom. The Morgan fingerprint density at radius 1 is 1.00 bits per heavy atom. The quantitative estimate of drug-likeness (QED) is 0.857. The first-order valence-corrected chi connectivity index (χ1v) is 11.4. The molecule has 6 heteroatoms. The van der Waals surface area contributed by atoms with Crippen molar-refractivity contribution in [2.75, 3.05) is 11.4 Å². The first kappa shape index (κ1) is 19.2. The van der Waals surface area contributed by atoms with Crippen LogP contribution in [-0.2, 0) is 34.1 Å². The van der Waals surface area contributed by atoms with E-state index in [4.69, 9.17) is 0 Å². The van der Waals surface area contributed by atoms with E-state index in [-0.39, 0.29) is 16.8 Å². The van der Waals surface area contributed by atoms with Gasteiger partial charge in [0.25, 0.3) is 0 Å². The van der Waals surface area contributed by atoms with Crippen molar-refractivity contribution in [3.05, 3.63) is 58.7 Å². The summed E-state index contributed by atoms with van der Waals surface area (Å²) in [6, 6.07) is 11.0. The number of fused-ring (bicyclic) bond motifs is 2. The summed E-state index contributed by atoms with van der Waals surface area (Å²) >= 11 is 0. The van der Waals surface area contributed by atoms with E-state index in [9.17, 15) is 13.2 Å². The molecule has 1 atom stereocenters. The second kappa shape index (κ2) is 7.33. The van der Waals surface area contributed by atoms with Gasteiger partial charge in [-0.3, -0.25) is 4.79 Å². The summed E-state index contributed by atoms with van der Waals surface area (Å²) in [5.41, 5.74) is 5.44. The molecule has 0 aromatic heterocycles. The van der Waals surface area contributed by atoms with Crippen molar-refractivity contribution in [2.45, 2.75) is 56.9 Å². The van der Waals surface area contributed by atoms with Crippen molar-refractivity contribution in [3.63, 3.8) is 0 Å². The highest BCUT2D eigenvalue weighted by Gasteiger charge is 2.24. The van der Waals surface area contributed by atoms with Crippen LogP contribution in [0.2, 0.25) is 0 Å². The molecular weight excluding hydrogens is 372 g/mol. The molecule has 148 valence electrons. The third-order valence-corrected chi connectivity index (χ3v) is 7.35. The van der Waals surface area contributed by atoms with E-state index in [1.165, 1.54) is 17.5 Å². The van der Waals surface area contributed by atoms with Crippen LogP contribution in [0.25, 0.3) is 0 Å². The number of aryl methyl sites for hydroxylation is 3. The molecule has 4 rings (SSSR count). The third kappa shape index (κ3) is 3.59. The second-order valence-electron chi connectivity index (χ2n) is 7.79. The van der Waals surface area contributed by atoms with Gasteiger partial charge >= 0.3 is 0 Å². The summed E-state index contributed by atoms with van der Waals surface area (Å²) in [6.07, 6.45) is 4.98. The van der Waals surface area contributed by atoms with Crippen molar-refractivity contribution in [1.29, 1.82) is 0 Å². The fraction of sp³-hybridized carbons (Fsp3) is 0.409. The maximum atomic E-state index is 13.0. The van der Waals surface area contributed by atoms with Crippen LogP contribution in [0.3, 0.4) is 0 Å². The average Bonchev–Trinajstić information content (AvgIpc) is 3.14. The number of amides is 1. The van der Waals surface area contributed by atoms with Crippen LogP contribution >= 0.6 is 0 Å². The topological polar surface area (TPSA) is 66.5 Å². The third-order valence-electron chi connectivity index (χ3n) is 5.81. The first-order chi connectivity index (χ1) is 13.3. The lowest BCUT2D eigenvalue weighted by molar-refractivity contribution is -0.116. The van der Waals surface area contributed by atoms with E-state index < -0.39 is 10.0 Å². The number of hydrogen-bond donors (Lipinski definition) is 1. The van der Waals surface area contributed by atoms with E-state index >= 15 is 0 Å². The predicted octanol–water partition coefficient (Wildman–Crippen LogP) is 3.51. The van der Waals surface area contributed by atoms with Gasteiger partial charge in [0.15, 0.2) is 0 Å². The number of hydrogen-bond acceptors (Lipinski definition) is 3. The standard InChI is InChI=1S/C22H26N2O3S/c1-15(18-9-8-17-5-3-6-19(17)13-18)23-28(26,27)21-10-11-22-20(14-21)7-4-12-24(22)16(2)25/h8-11,13-15,23H,3-7,12H2,1-2H3. The smallest absolute Gasteiger partial charge is 0.241 e. The molecule has 2 aromatic carbocycles. The lowest BCUT2D eigenvalue weighted by Gasteiger charge is -2.29. The molecule has 1 amide bonds. The van der Waals surface area contributed by atoms with Crippen LogP contribution in [-0.4, -0.2) is 20.9 Å². The van der Waals surface area contributed by atoms with Crippen molar-refractivity contribution in [3.8, 4) is 0 Å². The minimum Gasteiger partial charge on any atom is -0.312 e. The normalized spacial score (nSPS) is 17.1. The largest absolute Gasteiger partial charge is 0.312 e. The molecule has 5 nitrogen and oxygen atoms in total. The molecule has 1 aliphatic carbocycles. The van der Waals surface area contributed by atoms with E-state index in [2.05, 4.69) is 16.9 Å². The summed E-state index contributed by atoms with van der Waals surface area (Å²) in [5.74, 6) is -0.0140. The molecular formula is C22H26N2O3S. The SMILES string of the molecule is CC(=O)N1CCCc2cc(S(=O)(=O)NC(C)c3ccc4c(c3)CCC4)ccc21. The number of nitrogens with one attached hydrogen (secondary N) is 1. The number of benzene rings is 2. The van der Waals surface area contributed by atoms with Gasteiger partial charge in [-0.1, -0.05) is 18.2 Å². The summed E-state index contributed by atoms with van der Waals surface area (Å²) in [7, 11) is -3.65. The molecule has 2 aromatic rings. The van der Waals surface area contributed by atoms with Crippen molar-refractivity contribution >= 4 is 21.6 Å².